The number of halogens is 1. The summed E-state index contributed by atoms with van der Waals surface area (Å²) in [7, 11) is 2.71. The Balaban J connectivity index is 2.63. The third kappa shape index (κ3) is 6.08. The summed E-state index contributed by atoms with van der Waals surface area (Å²) in [4.78, 5) is 35.4. The van der Waals surface area contributed by atoms with Crippen LogP contribution in [0.1, 0.15) is 37.0 Å². The van der Waals surface area contributed by atoms with E-state index in [2.05, 4.69) is 15.6 Å². The number of amides is 2. The lowest BCUT2D eigenvalue weighted by atomic mass is 9.85. The van der Waals surface area contributed by atoms with Crippen molar-refractivity contribution < 1.29 is 23.9 Å². The molecule has 0 unspecified atom stereocenters. The molecule has 0 aliphatic carbocycles. The molecule has 2 amide bonds. The number of esters is 1. The van der Waals surface area contributed by atoms with Crippen LogP contribution in [0.3, 0.4) is 0 Å². The average Bonchev–Trinajstić information content (AvgIpc) is 2.51. The van der Waals surface area contributed by atoms with Gasteiger partial charge in [-0.25, -0.2) is 0 Å². The van der Waals surface area contributed by atoms with Crippen molar-refractivity contribution in [2.24, 2.45) is 5.41 Å². The summed E-state index contributed by atoms with van der Waals surface area (Å²) in [6.45, 7) is 3.51. The fourth-order valence-corrected chi connectivity index (χ4v) is 2.23. The molecule has 0 aliphatic rings. The highest BCUT2D eigenvalue weighted by atomic mass is 35.5. The Morgan fingerprint density at radius 1 is 1.12 bits per heavy atom. The molecule has 2 N–H and O–H groups in total. The number of methoxy groups -OCH3 is 2. The first-order chi connectivity index (χ1) is 11.2. The maximum Gasteiger partial charge on any atom is 0.306 e. The Kier molecular flexibility index (Phi) is 7.03. The number of hydrazine groups is 1. The van der Waals surface area contributed by atoms with Gasteiger partial charge in [0.1, 0.15) is 5.75 Å². The van der Waals surface area contributed by atoms with Gasteiger partial charge >= 0.3 is 5.97 Å². The van der Waals surface area contributed by atoms with E-state index < -0.39 is 23.2 Å². The first-order valence-electron chi connectivity index (χ1n) is 7.18. The van der Waals surface area contributed by atoms with Gasteiger partial charge in [-0.3, -0.25) is 25.2 Å². The minimum absolute atomic E-state index is 0.0368. The van der Waals surface area contributed by atoms with E-state index in [1.54, 1.807) is 26.0 Å². The molecule has 1 aromatic rings. The number of nitrogens with one attached hydrogen (secondary N) is 2. The van der Waals surface area contributed by atoms with Crippen LogP contribution in [0.4, 0.5) is 0 Å². The Morgan fingerprint density at radius 2 is 1.79 bits per heavy atom. The van der Waals surface area contributed by atoms with Gasteiger partial charge in [-0.15, -0.1) is 0 Å². The second-order valence-corrected chi connectivity index (χ2v) is 6.38. The minimum atomic E-state index is -0.602. The van der Waals surface area contributed by atoms with Crippen molar-refractivity contribution in [2.75, 3.05) is 14.2 Å². The fourth-order valence-electron chi connectivity index (χ4n) is 2.06. The first kappa shape index (κ1) is 19.8. The number of hydrogen-bond acceptors (Lipinski definition) is 5. The third-order valence-corrected chi connectivity index (χ3v) is 3.45. The molecule has 24 heavy (non-hydrogen) atoms. The quantitative estimate of drug-likeness (QED) is 0.601. The van der Waals surface area contributed by atoms with Crippen molar-refractivity contribution >= 4 is 29.4 Å². The predicted molar refractivity (Wildman–Crippen MR) is 88.6 cm³/mol. The zero-order valence-corrected chi connectivity index (χ0v) is 14.8. The predicted octanol–water partition coefficient (Wildman–Crippen LogP) is 2.09. The van der Waals surface area contributed by atoms with Crippen molar-refractivity contribution in [3.63, 3.8) is 0 Å². The second kappa shape index (κ2) is 8.54. The van der Waals surface area contributed by atoms with Crippen molar-refractivity contribution in [3.05, 3.63) is 28.8 Å². The van der Waals surface area contributed by atoms with Gasteiger partial charge in [0.25, 0.3) is 5.91 Å². The second-order valence-electron chi connectivity index (χ2n) is 5.94. The van der Waals surface area contributed by atoms with E-state index in [0.717, 1.165) is 0 Å². The van der Waals surface area contributed by atoms with Gasteiger partial charge in [0.05, 0.1) is 26.2 Å². The largest absolute Gasteiger partial charge is 0.496 e. The fraction of sp³-hybridized carbons (Fsp3) is 0.438. The molecule has 0 heterocycles. The van der Waals surface area contributed by atoms with Gasteiger partial charge in [0, 0.05) is 11.4 Å². The molecular formula is C16H21ClN2O5. The van der Waals surface area contributed by atoms with Crippen LogP contribution < -0.4 is 15.6 Å². The van der Waals surface area contributed by atoms with Crippen molar-refractivity contribution in [2.45, 2.75) is 26.7 Å². The van der Waals surface area contributed by atoms with Crippen LogP contribution in [0.25, 0.3) is 0 Å². The van der Waals surface area contributed by atoms with Gasteiger partial charge in [-0.2, -0.15) is 0 Å². The molecule has 7 nitrogen and oxygen atoms in total. The minimum Gasteiger partial charge on any atom is -0.496 e. The lowest BCUT2D eigenvalue weighted by molar-refractivity contribution is -0.143. The maximum atomic E-state index is 12.1. The Hall–Kier alpha value is -2.28. The van der Waals surface area contributed by atoms with Crippen molar-refractivity contribution in [1.82, 2.24) is 10.9 Å². The number of ether oxygens (including phenoxy) is 2. The summed E-state index contributed by atoms with van der Waals surface area (Å²) < 4.78 is 9.68. The first-order valence-corrected chi connectivity index (χ1v) is 7.56. The van der Waals surface area contributed by atoms with Crippen LogP contribution in [0, 0.1) is 5.41 Å². The molecule has 0 atom stereocenters. The van der Waals surface area contributed by atoms with E-state index in [0.29, 0.717) is 10.8 Å². The van der Waals surface area contributed by atoms with E-state index in [1.165, 1.54) is 20.3 Å². The highest BCUT2D eigenvalue weighted by molar-refractivity contribution is 6.31. The SMILES string of the molecule is COC(=O)CC(C)(C)CC(=O)NNC(=O)c1cc(Cl)ccc1OC. The van der Waals surface area contributed by atoms with Crippen LogP contribution in [0.5, 0.6) is 5.75 Å². The highest BCUT2D eigenvalue weighted by Gasteiger charge is 2.26. The third-order valence-electron chi connectivity index (χ3n) is 3.21. The standard InChI is InChI=1S/C16H21ClN2O5/c1-16(2,9-14(21)24-4)8-13(20)18-19-15(22)11-7-10(17)5-6-12(11)23-3/h5-7H,8-9H2,1-4H3,(H,18,20)(H,19,22). The lowest BCUT2D eigenvalue weighted by Gasteiger charge is -2.22. The van der Waals surface area contributed by atoms with E-state index in [9.17, 15) is 14.4 Å². The van der Waals surface area contributed by atoms with Gasteiger partial charge in [-0.05, 0) is 23.6 Å². The van der Waals surface area contributed by atoms with Crippen LogP contribution in [-0.2, 0) is 14.3 Å². The normalized spacial score (nSPS) is 10.7. The number of rotatable bonds is 6. The molecule has 8 heteroatoms. The zero-order valence-electron chi connectivity index (χ0n) is 14.1. The number of hydrogen-bond donors (Lipinski definition) is 2. The van der Waals surface area contributed by atoms with E-state index >= 15 is 0 Å². The summed E-state index contributed by atoms with van der Waals surface area (Å²) in [5, 5.41) is 0.367. The average molecular weight is 357 g/mol. The van der Waals surface area contributed by atoms with Gasteiger partial charge in [0.15, 0.2) is 0 Å². The molecule has 0 bridgehead atoms. The smallest absolute Gasteiger partial charge is 0.306 e. The zero-order chi connectivity index (χ0) is 18.3. The topological polar surface area (TPSA) is 93.7 Å². The molecule has 0 fully saturated rings. The van der Waals surface area contributed by atoms with Crippen LogP contribution in [0.2, 0.25) is 5.02 Å². The summed E-state index contributed by atoms with van der Waals surface area (Å²) >= 11 is 5.86. The van der Waals surface area contributed by atoms with Crippen LogP contribution in [0.15, 0.2) is 18.2 Å². The van der Waals surface area contributed by atoms with E-state index in [-0.39, 0.29) is 18.4 Å². The molecule has 0 aromatic heterocycles. The summed E-state index contributed by atoms with van der Waals surface area (Å²) in [6.07, 6.45) is 0.127. The molecule has 0 saturated heterocycles. The highest BCUT2D eigenvalue weighted by Crippen LogP contribution is 2.25. The molecule has 0 spiro atoms. The summed E-state index contributed by atoms with van der Waals surface area (Å²) in [6, 6.07) is 4.58. The van der Waals surface area contributed by atoms with Gasteiger partial charge < -0.3 is 9.47 Å². The van der Waals surface area contributed by atoms with Crippen molar-refractivity contribution in [1.29, 1.82) is 0 Å². The van der Waals surface area contributed by atoms with Gasteiger partial charge in [0.2, 0.25) is 5.91 Å². The van der Waals surface area contributed by atoms with Crippen molar-refractivity contribution in [3.8, 4) is 5.75 Å². The summed E-state index contributed by atoms with van der Waals surface area (Å²) in [5.41, 5.74) is 4.20. The Labute approximate surface area is 145 Å². The molecule has 0 saturated carbocycles. The molecule has 132 valence electrons. The molecule has 0 aliphatic heterocycles. The van der Waals surface area contributed by atoms with Gasteiger partial charge in [-0.1, -0.05) is 25.4 Å². The van der Waals surface area contributed by atoms with E-state index in [4.69, 9.17) is 16.3 Å². The number of carbonyl (C=O) groups excluding carboxylic acids is 3. The lowest BCUT2D eigenvalue weighted by Crippen LogP contribution is -2.43. The Bertz CT molecular complexity index is 631. The number of benzene rings is 1. The number of carbonyl (C=O) groups is 3. The molecular weight excluding hydrogens is 336 g/mol. The molecule has 1 rings (SSSR count). The maximum absolute atomic E-state index is 12.1. The molecule has 0 radical (unpaired) electrons. The van der Waals surface area contributed by atoms with Crippen LogP contribution >= 0.6 is 11.6 Å². The summed E-state index contributed by atoms with van der Waals surface area (Å²) in [5.74, 6) is -1.07. The monoisotopic (exact) mass is 356 g/mol. The van der Waals surface area contributed by atoms with Crippen LogP contribution in [-0.4, -0.2) is 32.0 Å². The Morgan fingerprint density at radius 3 is 2.38 bits per heavy atom. The molecule has 1 aromatic carbocycles. The van der Waals surface area contributed by atoms with E-state index in [1.807, 2.05) is 0 Å².